The van der Waals surface area contributed by atoms with Crippen molar-refractivity contribution in [3.8, 4) is 0 Å². The van der Waals surface area contributed by atoms with E-state index in [2.05, 4.69) is 4.84 Å². The summed E-state index contributed by atoms with van der Waals surface area (Å²) in [5, 5.41) is 11.2. The van der Waals surface area contributed by atoms with Crippen LogP contribution >= 0.6 is 0 Å². The van der Waals surface area contributed by atoms with Gasteiger partial charge in [-0.15, -0.1) is 0 Å². The van der Waals surface area contributed by atoms with Gasteiger partial charge in [0, 0.05) is 29.4 Å². The maximum absolute atomic E-state index is 13.6. The fourth-order valence-electron chi connectivity index (χ4n) is 3.96. The van der Waals surface area contributed by atoms with E-state index in [0.29, 0.717) is 17.0 Å². The van der Waals surface area contributed by atoms with E-state index < -0.39 is 40.0 Å². The molecule has 0 radical (unpaired) electrons. The molecule has 0 fully saturated rings. The molecule has 0 aromatic heterocycles. The number of carbonyl (C=O) groups excluding carboxylic acids is 3. The minimum Gasteiger partial charge on any atom is -0.466 e. The van der Waals surface area contributed by atoms with Crippen LogP contribution in [0.2, 0.25) is 0 Å². The second kappa shape index (κ2) is 9.95. The average molecular weight is 459 g/mol. The first-order valence-corrected chi connectivity index (χ1v) is 10.3. The van der Waals surface area contributed by atoms with Gasteiger partial charge in [-0.1, -0.05) is 39.0 Å². The predicted molar refractivity (Wildman–Crippen MR) is 119 cm³/mol. The molecule has 0 saturated heterocycles. The van der Waals surface area contributed by atoms with E-state index in [1.165, 1.54) is 30.2 Å². The second-order valence-electron chi connectivity index (χ2n) is 8.91. The molecule has 2 N–H and O–H groups in total. The molecule has 0 aliphatic carbocycles. The molecule has 178 valence electrons. The van der Waals surface area contributed by atoms with Gasteiger partial charge in [0.05, 0.1) is 29.9 Å². The number of esters is 1. The maximum atomic E-state index is 13.6. The summed E-state index contributed by atoms with van der Waals surface area (Å²) < 4.78 is 4.97. The van der Waals surface area contributed by atoms with Crippen molar-refractivity contribution in [2.24, 2.45) is 17.2 Å². The third-order valence-corrected chi connectivity index (χ3v) is 5.71. The Morgan fingerprint density at radius 2 is 1.88 bits per heavy atom. The van der Waals surface area contributed by atoms with Crippen LogP contribution in [0.15, 0.2) is 47.3 Å². The molecular formula is C23H29N3O7. The second-order valence-corrected chi connectivity index (χ2v) is 8.91. The molecule has 2 unspecified atom stereocenters. The van der Waals surface area contributed by atoms with Crippen molar-refractivity contribution >= 4 is 23.5 Å². The summed E-state index contributed by atoms with van der Waals surface area (Å²) in [4.78, 5) is 54.7. The highest BCUT2D eigenvalue weighted by atomic mass is 16.7. The van der Waals surface area contributed by atoms with Crippen molar-refractivity contribution < 1.29 is 28.9 Å². The van der Waals surface area contributed by atoms with Crippen molar-refractivity contribution in [2.45, 2.75) is 47.0 Å². The minimum absolute atomic E-state index is 0.118. The lowest BCUT2D eigenvalue weighted by atomic mass is 9.77. The van der Waals surface area contributed by atoms with Gasteiger partial charge in [-0.05, 0) is 24.8 Å². The number of nitro benzene ring substituents is 1. The number of ether oxygens (including phenoxy) is 1. The number of carbonyl (C=O) groups is 3. The molecule has 10 heteroatoms. The molecule has 0 bridgehead atoms. The number of amides is 1. The highest BCUT2D eigenvalue weighted by Crippen LogP contribution is 2.40. The largest absolute Gasteiger partial charge is 0.466 e. The van der Waals surface area contributed by atoms with Crippen molar-refractivity contribution in [3.63, 3.8) is 0 Å². The quantitative estimate of drug-likeness (QED) is 0.388. The predicted octanol–water partition coefficient (Wildman–Crippen LogP) is 3.34. The van der Waals surface area contributed by atoms with Crippen molar-refractivity contribution in [1.29, 1.82) is 0 Å². The minimum atomic E-state index is -0.792. The van der Waals surface area contributed by atoms with E-state index in [1.807, 2.05) is 20.8 Å². The Morgan fingerprint density at radius 1 is 1.24 bits per heavy atom. The SMILES string of the molecule is COC(=O)C1=C(C)N(C(=O)C(CC(=O)ON)C(C)(C)C)C(C)=CC1c1cccc([N+](=O)[O-])c1. The van der Waals surface area contributed by atoms with Crippen LogP contribution in [0.25, 0.3) is 0 Å². The molecule has 0 saturated carbocycles. The summed E-state index contributed by atoms with van der Waals surface area (Å²) in [5.74, 6) is 1.73. The maximum Gasteiger partial charge on any atom is 0.336 e. The highest BCUT2D eigenvalue weighted by molar-refractivity contribution is 5.95. The zero-order valence-electron chi connectivity index (χ0n) is 19.6. The topological polar surface area (TPSA) is 142 Å². The first-order chi connectivity index (χ1) is 15.3. The van der Waals surface area contributed by atoms with Crippen LogP contribution < -0.4 is 5.90 Å². The highest BCUT2D eigenvalue weighted by Gasteiger charge is 2.41. The van der Waals surface area contributed by atoms with Crippen LogP contribution in [0, 0.1) is 21.4 Å². The van der Waals surface area contributed by atoms with E-state index in [1.54, 1.807) is 26.0 Å². The number of hydrogen-bond donors (Lipinski definition) is 1. The number of nitrogens with zero attached hydrogens (tertiary/aromatic N) is 2. The number of methoxy groups -OCH3 is 1. The number of hydrogen-bond acceptors (Lipinski definition) is 8. The van der Waals surface area contributed by atoms with Crippen LogP contribution in [0.4, 0.5) is 5.69 Å². The number of benzene rings is 1. The Morgan fingerprint density at radius 3 is 2.39 bits per heavy atom. The summed E-state index contributed by atoms with van der Waals surface area (Å²) in [6, 6.07) is 5.95. The molecule has 1 amide bonds. The van der Waals surface area contributed by atoms with Crippen LogP contribution in [0.1, 0.15) is 52.5 Å². The van der Waals surface area contributed by atoms with Crippen LogP contribution in [0.5, 0.6) is 0 Å². The van der Waals surface area contributed by atoms with Crippen molar-refractivity contribution in [3.05, 3.63) is 63.0 Å². The number of allylic oxidation sites excluding steroid dienone is 3. The van der Waals surface area contributed by atoms with Gasteiger partial charge < -0.3 is 9.57 Å². The summed E-state index contributed by atoms with van der Waals surface area (Å²) in [6.07, 6.45) is 1.44. The number of nitrogens with two attached hydrogens (primary N) is 1. The number of non-ortho nitro benzene ring substituents is 1. The number of nitro groups is 1. The zero-order chi connectivity index (χ0) is 25.1. The lowest BCUT2D eigenvalue weighted by molar-refractivity contribution is -0.384. The third-order valence-electron chi connectivity index (χ3n) is 5.71. The van der Waals surface area contributed by atoms with Gasteiger partial charge in [0.25, 0.3) is 5.69 Å². The van der Waals surface area contributed by atoms with Gasteiger partial charge in [0.15, 0.2) is 0 Å². The van der Waals surface area contributed by atoms with E-state index in [0.717, 1.165) is 0 Å². The Kier molecular flexibility index (Phi) is 7.76. The smallest absolute Gasteiger partial charge is 0.336 e. The van der Waals surface area contributed by atoms with Gasteiger partial charge in [0.1, 0.15) is 0 Å². The zero-order valence-corrected chi connectivity index (χ0v) is 19.6. The molecule has 10 nitrogen and oxygen atoms in total. The first kappa shape index (κ1) is 25.7. The molecule has 1 aliphatic heterocycles. The van der Waals surface area contributed by atoms with Gasteiger partial charge in [-0.3, -0.25) is 24.6 Å². The van der Waals surface area contributed by atoms with Crippen LogP contribution in [-0.4, -0.2) is 34.8 Å². The van der Waals surface area contributed by atoms with Crippen molar-refractivity contribution in [2.75, 3.05) is 7.11 Å². The van der Waals surface area contributed by atoms with Crippen LogP contribution in [0.3, 0.4) is 0 Å². The summed E-state index contributed by atoms with van der Waals surface area (Å²) >= 11 is 0. The summed E-state index contributed by atoms with van der Waals surface area (Å²) in [5.41, 5.74) is 0.775. The van der Waals surface area contributed by atoms with Gasteiger partial charge in [-0.2, -0.15) is 5.90 Å². The molecule has 1 aliphatic rings. The molecule has 2 atom stereocenters. The normalized spacial score (nSPS) is 17.2. The lowest BCUT2D eigenvalue weighted by Gasteiger charge is -2.38. The average Bonchev–Trinajstić information content (AvgIpc) is 2.75. The Labute approximate surface area is 192 Å². The Hall–Kier alpha value is -3.53. The van der Waals surface area contributed by atoms with Gasteiger partial charge in [0.2, 0.25) is 5.91 Å². The molecule has 0 spiro atoms. The Bertz CT molecular complexity index is 1040. The van der Waals surface area contributed by atoms with E-state index in [9.17, 15) is 24.5 Å². The number of rotatable bonds is 6. The van der Waals surface area contributed by atoms with Gasteiger partial charge >= 0.3 is 11.9 Å². The first-order valence-electron chi connectivity index (χ1n) is 10.3. The van der Waals surface area contributed by atoms with E-state index in [-0.39, 0.29) is 17.7 Å². The third kappa shape index (κ3) is 5.46. The monoisotopic (exact) mass is 459 g/mol. The molecule has 2 rings (SSSR count). The molecule has 1 aromatic rings. The molecule has 33 heavy (non-hydrogen) atoms. The Balaban J connectivity index is 2.62. The van der Waals surface area contributed by atoms with Crippen LogP contribution in [-0.2, 0) is 24.0 Å². The fraction of sp³-hybridized carbons (Fsp3) is 0.435. The molecule has 1 heterocycles. The lowest BCUT2D eigenvalue weighted by Crippen LogP contribution is -2.43. The summed E-state index contributed by atoms with van der Waals surface area (Å²) in [6.45, 7) is 8.74. The summed E-state index contributed by atoms with van der Waals surface area (Å²) in [7, 11) is 1.22. The van der Waals surface area contributed by atoms with E-state index >= 15 is 0 Å². The van der Waals surface area contributed by atoms with E-state index in [4.69, 9.17) is 10.6 Å². The molecule has 1 aromatic carbocycles. The standard InChI is InChI=1S/C23H29N3O7/c1-13-10-17(15-8-7-9-16(11-15)26(30)31)20(22(29)32-6)14(2)25(13)21(28)18(23(3,4)5)12-19(27)33-24/h7-11,17-18H,12,24H2,1-6H3. The van der Waals surface area contributed by atoms with Crippen molar-refractivity contribution in [1.82, 2.24) is 4.90 Å². The fourth-order valence-corrected chi connectivity index (χ4v) is 3.96. The molecular weight excluding hydrogens is 430 g/mol. The van der Waals surface area contributed by atoms with Gasteiger partial charge in [-0.25, -0.2) is 4.79 Å².